The first-order valence-corrected chi connectivity index (χ1v) is 11.7. The van der Waals surface area contributed by atoms with Crippen LogP contribution in [0.2, 0.25) is 0 Å². The number of hydrogen-bond acceptors (Lipinski definition) is 6. The number of benzene rings is 3. The Morgan fingerprint density at radius 1 is 0.667 bits per heavy atom. The van der Waals surface area contributed by atoms with E-state index in [0.717, 1.165) is 32.3 Å². The Hall–Kier alpha value is -4.84. The first kappa shape index (κ1) is 21.7. The van der Waals surface area contributed by atoms with Crippen molar-refractivity contribution in [2.75, 3.05) is 11.5 Å². The van der Waals surface area contributed by atoms with Crippen LogP contribution in [0.1, 0.15) is 12.0 Å². The molecule has 0 radical (unpaired) electrons. The van der Waals surface area contributed by atoms with E-state index in [1.54, 1.807) is 36.7 Å². The van der Waals surface area contributed by atoms with E-state index in [2.05, 4.69) is 58.5 Å². The van der Waals surface area contributed by atoms with Gasteiger partial charge in [-0.1, -0.05) is 72.8 Å². The molecule has 6 nitrogen and oxygen atoms in total. The largest absolute Gasteiger partial charge is 0.430 e. The second-order valence-corrected chi connectivity index (χ2v) is 8.71. The van der Waals surface area contributed by atoms with Crippen LogP contribution in [0.15, 0.2) is 103 Å². The molecule has 1 aliphatic rings. The third-order valence-corrected chi connectivity index (χ3v) is 6.32. The van der Waals surface area contributed by atoms with Gasteiger partial charge in [0, 0.05) is 18.6 Å². The Morgan fingerprint density at radius 3 is 2.00 bits per heavy atom. The molecule has 5 aromatic rings. The molecule has 2 heterocycles. The number of nitrogen functional groups attached to an aromatic ring is 2. The van der Waals surface area contributed by atoms with Crippen molar-refractivity contribution in [2.24, 2.45) is 0 Å². The standard InChI is InChI=1S/C30H24N4O2/c31-22-12-14-27(33-18-22)35-30(36-28-15-13-23(32)19-34-28)17-16-21-7-2-4-10-25(21)29(30)26-11-5-8-20-6-1-3-9-24(20)26/h1-16,18-19H,17,31-32H2. The molecule has 0 saturated carbocycles. The fourth-order valence-electron chi connectivity index (χ4n) is 4.70. The van der Waals surface area contributed by atoms with E-state index in [9.17, 15) is 0 Å². The first-order chi connectivity index (χ1) is 17.6. The maximum Gasteiger partial charge on any atom is 0.285 e. The number of nitrogens with two attached hydrogens (primary N) is 2. The van der Waals surface area contributed by atoms with E-state index >= 15 is 0 Å². The SMILES string of the molecule is Nc1ccc(OC2(Oc3ccc(N)cn3)CC=c3ccccc3=C2c2cccc3ccccc23)nc1. The molecule has 0 atom stereocenters. The van der Waals surface area contributed by atoms with Gasteiger partial charge < -0.3 is 20.9 Å². The molecule has 0 amide bonds. The summed E-state index contributed by atoms with van der Waals surface area (Å²) in [5.74, 6) is -0.472. The fourth-order valence-corrected chi connectivity index (χ4v) is 4.70. The molecule has 0 saturated heterocycles. The van der Waals surface area contributed by atoms with E-state index in [-0.39, 0.29) is 0 Å². The number of aromatic nitrogens is 2. The fraction of sp³-hybridized carbons (Fsp3) is 0.0667. The zero-order chi connectivity index (χ0) is 24.5. The quantitative estimate of drug-likeness (QED) is 0.375. The van der Waals surface area contributed by atoms with Gasteiger partial charge in [-0.05, 0) is 38.9 Å². The van der Waals surface area contributed by atoms with Crippen LogP contribution >= 0.6 is 0 Å². The highest BCUT2D eigenvalue weighted by Gasteiger charge is 2.43. The lowest BCUT2D eigenvalue weighted by Crippen LogP contribution is -2.51. The summed E-state index contributed by atoms with van der Waals surface area (Å²) < 4.78 is 13.4. The number of fused-ring (bicyclic) bond motifs is 2. The third kappa shape index (κ3) is 3.88. The lowest BCUT2D eigenvalue weighted by Gasteiger charge is -2.37. The van der Waals surface area contributed by atoms with Crippen LogP contribution in [0, 0.1) is 0 Å². The van der Waals surface area contributed by atoms with Crippen LogP contribution < -0.4 is 31.4 Å². The Balaban J connectivity index is 1.65. The minimum atomic E-state index is -1.26. The smallest absolute Gasteiger partial charge is 0.285 e. The highest BCUT2D eigenvalue weighted by Crippen LogP contribution is 2.38. The van der Waals surface area contributed by atoms with E-state index in [0.29, 0.717) is 29.6 Å². The highest BCUT2D eigenvalue weighted by molar-refractivity contribution is 5.95. The number of anilines is 2. The van der Waals surface area contributed by atoms with Crippen molar-refractivity contribution in [3.8, 4) is 11.8 Å². The molecule has 6 heteroatoms. The summed E-state index contributed by atoms with van der Waals surface area (Å²) in [6.45, 7) is 0. The third-order valence-electron chi connectivity index (χ3n) is 6.32. The summed E-state index contributed by atoms with van der Waals surface area (Å²) in [6.07, 6.45) is 5.70. The van der Waals surface area contributed by atoms with Gasteiger partial charge in [0.1, 0.15) is 0 Å². The summed E-state index contributed by atoms with van der Waals surface area (Å²) in [6, 6.07) is 29.8. The molecule has 3 aromatic carbocycles. The number of nitrogens with zero attached hydrogens (tertiary/aromatic N) is 2. The second-order valence-electron chi connectivity index (χ2n) is 8.71. The van der Waals surface area contributed by atoms with Gasteiger partial charge in [0.15, 0.2) is 0 Å². The van der Waals surface area contributed by atoms with E-state index in [1.807, 2.05) is 24.3 Å². The highest BCUT2D eigenvalue weighted by atomic mass is 16.7. The van der Waals surface area contributed by atoms with Crippen molar-refractivity contribution in [3.63, 3.8) is 0 Å². The molecule has 6 rings (SSSR count). The molecular weight excluding hydrogens is 448 g/mol. The van der Waals surface area contributed by atoms with Gasteiger partial charge in [0.05, 0.1) is 29.3 Å². The molecule has 0 spiro atoms. The van der Waals surface area contributed by atoms with Gasteiger partial charge >= 0.3 is 0 Å². The van der Waals surface area contributed by atoms with E-state index in [1.165, 1.54) is 0 Å². The van der Waals surface area contributed by atoms with Crippen LogP contribution in [-0.4, -0.2) is 15.8 Å². The van der Waals surface area contributed by atoms with Crippen molar-refractivity contribution in [2.45, 2.75) is 12.2 Å². The second kappa shape index (κ2) is 8.74. The average Bonchev–Trinajstić information content (AvgIpc) is 2.91. The number of rotatable bonds is 5. The Bertz CT molecular complexity index is 1630. The summed E-state index contributed by atoms with van der Waals surface area (Å²) in [4.78, 5) is 8.85. The Morgan fingerprint density at radius 2 is 1.31 bits per heavy atom. The molecular formula is C30H24N4O2. The summed E-state index contributed by atoms with van der Waals surface area (Å²) in [5.41, 5.74) is 14.8. The van der Waals surface area contributed by atoms with Gasteiger partial charge in [-0.2, -0.15) is 0 Å². The molecule has 0 bridgehead atoms. The molecule has 4 N–H and O–H groups in total. The maximum absolute atomic E-state index is 6.68. The maximum atomic E-state index is 6.68. The number of ether oxygens (including phenoxy) is 2. The summed E-state index contributed by atoms with van der Waals surface area (Å²) in [7, 11) is 0. The monoisotopic (exact) mass is 472 g/mol. The van der Waals surface area contributed by atoms with Crippen molar-refractivity contribution in [1.29, 1.82) is 0 Å². The molecule has 1 aliphatic carbocycles. The van der Waals surface area contributed by atoms with Crippen LogP contribution in [0.3, 0.4) is 0 Å². The van der Waals surface area contributed by atoms with E-state index in [4.69, 9.17) is 20.9 Å². The van der Waals surface area contributed by atoms with Gasteiger partial charge in [0.25, 0.3) is 5.79 Å². The Kier molecular flexibility index (Phi) is 5.26. The minimum absolute atomic E-state index is 0.394. The molecule has 2 aromatic heterocycles. The van der Waals surface area contributed by atoms with Crippen LogP contribution in [-0.2, 0) is 0 Å². The van der Waals surface area contributed by atoms with Crippen LogP contribution in [0.4, 0.5) is 11.4 Å². The first-order valence-electron chi connectivity index (χ1n) is 11.7. The topological polar surface area (TPSA) is 96.3 Å². The van der Waals surface area contributed by atoms with Gasteiger partial charge in [-0.15, -0.1) is 0 Å². The van der Waals surface area contributed by atoms with E-state index < -0.39 is 5.79 Å². The van der Waals surface area contributed by atoms with Crippen molar-refractivity contribution < 1.29 is 9.47 Å². The zero-order valence-corrected chi connectivity index (χ0v) is 19.5. The predicted octanol–water partition coefficient (Wildman–Crippen LogP) is 4.03. The summed E-state index contributed by atoms with van der Waals surface area (Å²) >= 11 is 0. The lowest BCUT2D eigenvalue weighted by molar-refractivity contribution is -0.0624. The molecule has 36 heavy (non-hydrogen) atoms. The predicted molar refractivity (Wildman–Crippen MR) is 143 cm³/mol. The van der Waals surface area contributed by atoms with Gasteiger partial charge in [-0.25, -0.2) is 9.97 Å². The van der Waals surface area contributed by atoms with Crippen molar-refractivity contribution in [1.82, 2.24) is 9.97 Å². The molecule has 176 valence electrons. The van der Waals surface area contributed by atoms with Crippen LogP contribution in [0.25, 0.3) is 22.4 Å². The molecule has 0 aliphatic heterocycles. The van der Waals surface area contributed by atoms with Crippen molar-refractivity contribution >= 4 is 33.8 Å². The van der Waals surface area contributed by atoms with Gasteiger partial charge in [-0.3, -0.25) is 0 Å². The number of pyridine rings is 2. The molecule has 0 unspecified atom stereocenters. The molecule has 0 fully saturated rings. The minimum Gasteiger partial charge on any atom is -0.430 e. The van der Waals surface area contributed by atoms with Gasteiger partial charge in [0.2, 0.25) is 11.8 Å². The summed E-state index contributed by atoms with van der Waals surface area (Å²) in [5, 5.41) is 4.35. The Labute approximate surface area is 208 Å². The zero-order valence-electron chi connectivity index (χ0n) is 19.5. The van der Waals surface area contributed by atoms with Crippen LogP contribution in [0.5, 0.6) is 11.8 Å². The normalized spacial score (nSPS) is 14.1. The number of hydrogen-bond donors (Lipinski definition) is 2. The average molecular weight is 473 g/mol. The van der Waals surface area contributed by atoms with Crippen molar-refractivity contribution in [3.05, 3.63) is 119 Å². The lowest BCUT2D eigenvalue weighted by atomic mass is 9.85.